The molecule has 0 aromatic heterocycles. The molecule has 0 fully saturated rings. The number of carbonyl (C=O) groups excluding carboxylic acids is 1. The Kier molecular flexibility index (Phi) is 4.46. The van der Waals surface area contributed by atoms with E-state index in [-0.39, 0.29) is 5.57 Å². The number of carbonyl (C=O) groups is 1. The Morgan fingerprint density at radius 3 is 2.63 bits per heavy atom. The molecule has 4 rings (SSSR count). The minimum atomic E-state index is -0.470. The molecule has 3 aromatic rings. The van der Waals surface area contributed by atoms with Gasteiger partial charge in [0.1, 0.15) is 24.9 Å². The molecule has 5 heteroatoms. The third-order valence-electron chi connectivity index (χ3n) is 4.29. The van der Waals surface area contributed by atoms with Crippen LogP contribution in [0.15, 0.2) is 66.2 Å². The number of hydrogen-bond acceptors (Lipinski definition) is 4. The van der Waals surface area contributed by atoms with Gasteiger partial charge in [0.25, 0.3) is 5.91 Å². The van der Waals surface area contributed by atoms with Crippen LogP contribution in [-0.2, 0) is 4.79 Å². The number of amides is 1. The molecule has 0 unspecified atom stereocenters. The van der Waals surface area contributed by atoms with Gasteiger partial charge < -0.3 is 14.8 Å². The molecule has 5 nitrogen and oxygen atoms in total. The summed E-state index contributed by atoms with van der Waals surface area (Å²) < 4.78 is 11.0. The molecular formula is C22H16N2O3. The Morgan fingerprint density at radius 2 is 1.78 bits per heavy atom. The van der Waals surface area contributed by atoms with Crippen LogP contribution in [0.3, 0.4) is 0 Å². The second-order valence-electron chi connectivity index (χ2n) is 6.05. The van der Waals surface area contributed by atoms with Crippen molar-refractivity contribution < 1.29 is 14.3 Å². The van der Waals surface area contributed by atoms with Crippen LogP contribution in [0.5, 0.6) is 11.5 Å². The van der Waals surface area contributed by atoms with Crippen LogP contribution in [0.25, 0.3) is 16.8 Å². The summed E-state index contributed by atoms with van der Waals surface area (Å²) in [5, 5.41) is 14.3. The van der Waals surface area contributed by atoms with Crippen molar-refractivity contribution in [3.8, 4) is 17.6 Å². The first-order valence-electron chi connectivity index (χ1n) is 8.55. The molecule has 0 atom stereocenters. The van der Waals surface area contributed by atoms with Gasteiger partial charge in [-0.15, -0.1) is 0 Å². The first kappa shape index (κ1) is 16.7. The van der Waals surface area contributed by atoms with Crippen molar-refractivity contribution in [1.82, 2.24) is 0 Å². The maximum absolute atomic E-state index is 12.6. The molecule has 27 heavy (non-hydrogen) atoms. The summed E-state index contributed by atoms with van der Waals surface area (Å²) in [7, 11) is 0. The molecule has 0 radical (unpaired) electrons. The maximum atomic E-state index is 12.6. The number of anilines is 1. The topological polar surface area (TPSA) is 71.4 Å². The third kappa shape index (κ3) is 3.46. The maximum Gasteiger partial charge on any atom is 0.266 e. The molecule has 0 aliphatic carbocycles. The molecule has 132 valence electrons. The zero-order valence-electron chi connectivity index (χ0n) is 14.4. The van der Waals surface area contributed by atoms with Gasteiger partial charge in [0.2, 0.25) is 0 Å². The van der Waals surface area contributed by atoms with Gasteiger partial charge in [-0.3, -0.25) is 4.79 Å². The first-order valence-corrected chi connectivity index (χ1v) is 8.55. The van der Waals surface area contributed by atoms with E-state index >= 15 is 0 Å². The summed E-state index contributed by atoms with van der Waals surface area (Å²) in [6, 6.07) is 20.8. The average Bonchev–Trinajstić information content (AvgIpc) is 2.72. The van der Waals surface area contributed by atoms with Crippen LogP contribution in [0.1, 0.15) is 5.56 Å². The van der Waals surface area contributed by atoms with Gasteiger partial charge >= 0.3 is 0 Å². The number of nitriles is 1. The molecule has 3 aromatic carbocycles. The number of fused-ring (bicyclic) bond motifs is 2. The zero-order valence-corrected chi connectivity index (χ0v) is 14.4. The lowest BCUT2D eigenvalue weighted by Gasteiger charge is -2.18. The molecule has 1 N–H and O–H groups in total. The molecule has 0 spiro atoms. The molecule has 1 amide bonds. The van der Waals surface area contributed by atoms with Crippen molar-refractivity contribution in [2.24, 2.45) is 0 Å². The van der Waals surface area contributed by atoms with Crippen LogP contribution in [0, 0.1) is 11.3 Å². The Balaban J connectivity index is 1.61. The highest BCUT2D eigenvalue weighted by Gasteiger charge is 2.15. The standard InChI is InChI=1S/C22H16N2O3/c23-14-17(12-16-6-3-5-15-4-1-2-7-19(15)16)22(25)24-18-8-9-20-21(13-18)27-11-10-26-20/h1-9,12-13H,10-11H2,(H,24,25)/b17-12+. The fourth-order valence-corrected chi connectivity index (χ4v) is 3.00. The predicted octanol–water partition coefficient (Wildman–Crippen LogP) is 4.16. The van der Waals surface area contributed by atoms with Crippen LogP contribution in [0.2, 0.25) is 0 Å². The van der Waals surface area contributed by atoms with E-state index in [9.17, 15) is 10.1 Å². The fraction of sp³-hybridized carbons (Fsp3) is 0.0909. The lowest BCUT2D eigenvalue weighted by Crippen LogP contribution is -2.17. The third-order valence-corrected chi connectivity index (χ3v) is 4.29. The van der Waals surface area contributed by atoms with E-state index in [1.54, 1.807) is 24.3 Å². The van der Waals surface area contributed by atoms with Gasteiger partial charge in [0.05, 0.1) is 0 Å². The second kappa shape index (κ2) is 7.22. The number of nitrogens with zero attached hydrogens (tertiary/aromatic N) is 1. The van der Waals surface area contributed by atoms with Crippen LogP contribution in [0.4, 0.5) is 5.69 Å². The van der Waals surface area contributed by atoms with Gasteiger partial charge in [0, 0.05) is 11.8 Å². The molecule has 0 saturated carbocycles. The lowest BCUT2D eigenvalue weighted by atomic mass is 10.0. The van der Waals surface area contributed by atoms with Crippen molar-refractivity contribution >= 4 is 28.4 Å². The molecule has 0 saturated heterocycles. The Bertz CT molecular complexity index is 1090. The van der Waals surface area contributed by atoms with Crippen molar-refractivity contribution in [1.29, 1.82) is 5.26 Å². The van der Waals surface area contributed by atoms with Gasteiger partial charge in [-0.1, -0.05) is 42.5 Å². The summed E-state index contributed by atoms with van der Waals surface area (Å²) in [5.74, 6) is 0.753. The van der Waals surface area contributed by atoms with E-state index in [0.29, 0.717) is 30.4 Å². The van der Waals surface area contributed by atoms with E-state index < -0.39 is 5.91 Å². The van der Waals surface area contributed by atoms with Crippen molar-refractivity contribution in [3.05, 3.63) is 71.8 Å². The average molecular weight is 356 g/mol. The van der Waals surface area contributed by atoms with Gasteiger partial charge in [-0.25, -0.2) is 0 Å². The summed E-state index contributed by atoms with van der Waals surface area (Å²) in [6.07, 6.45) is 1.61. The normalized spacial score (nSPS) is 13.1. The summed E-state index contributed by atoms with van der Waals surface area (Å²) in [6.45, 7) is 0.972. The smallest absolute Gasteiger partial charge is 0.266 e. The van der Waals surface area contributed by atoms with Gasteiger partial charge in [0.15, 0.2) is 11.5 Å². The zero-order chi connectivity index (χ0) is 18.6. The molecular weight excluding hydrogens is 340 g/mol. The van der Waals surface area contributed by atoms with E-state index in [1.165, 1.54) is 0 Å². The van der Waals surface area contributed by atoms with E-state index in [4.69, 9.17) is 9.47 Å². The predicted molar refractivity (Wildman–Crippen MR) is 104 cm³/mol. The van der Waals surface area contributed by atoms with Crippen molar-refractivity contribution in [2.45, 2.75) is 0 Å². The monoisotopic (exact) mass is 356 g/mol. The Morgan fingerprint density at radius 1 is 1.00 bits per heavy atom. The minimum absolute atomic E-state index is 0.0289. The van der Waals surface area contributed by atoms with Crippen LogP contribution < -0.4 is 14.8 Å². The van der Waals surface area contributed by atoms with Crippen molar-refractivity contribution in [3.63, 3.8) is 0 Å². The van der Waals surface area contributed by atoms with E-state index in [1.807, 2.05) is 48.5 Å². The quantitative estimate of drug-likeness (QED) is 0.565. The van der Waals surface area contributed by atoms with Crippen molar-refractivity contribution in [2.75, 3.05) is 18.5 Å². The highest BCUT2D eigenvalue weighted by molar-refractivity contribution is 6.10. The number of nitrogens with one attached hydrogen (secondary N) is 1. The fourth-order valence-electron chi connectivity index (χ4n) is 3.00. The van der Waals surface area contributed by atoms with Crippen LogP contribution in [-0.4, -0.2) is 19.1 Å². The van der Waals surface area contributed by atoms with Gasteiger partial charge in [-0.2, -0.15) is 5.26 Å². The molecule has 1 aliphatic heterocycles. The molecule has 1 heterocycles. The molecule has 1 aliphatic rings. The largest absolute Gasteiger partial charge is 0.486 e. The van der Waals surface area contributed by atoms with Gasteiger partial charge in [-0.05, 0) is 34.5 Å². The van der Waals surface area contributed by atoms with E-state index in [0.717, 1.165) is 16.3 Å². The number of hydrogen-bond donors (Lipinski definition) is 1. The molecule has 0 bridgehead atoms. The highest BCUT2D eigenvalue weighted by atomic mass is 16.6. The number of benzene rings is 3. The summed E-state index contributed by atoms with van der Waals surface area (Å²) in [5.41, 5.74) is 1.39. The SMILES string of the molecule is N#C/C(=C\c1cccc2ccccc12)C(=O)Nc1ccc2c(c1)OCCO2. The highest BCUT2D eigenvalue weighted by Crippen LogP contribution is 2.32. The Hall–Kier alpha value is -3.78. The number of rotatable bonds is 3. The number of ether oxygens (including phenoxy) is 2. The Labute approximate surface area is 156 Å². The minimum Gasteiger partial charge on any atom is -0.486 e. The van der Waals surface area contributed by atoms with Crippen LogP contribution >= 0.6 is 0 Å². The summed E-state index contributed by atoms with van der Waals surface area (Å²) in [4.78, 5) is 12.6. The summed E-state index contributed by atoms with van der Waals surface area (Å²) >= 11 is 0. The second-order valence-corrected chi connectivity index (χ2v) is 6.05. The lowest BCUT2D eigenvalue weighted by molar-refractivity contribution is -0.112. The first-order chi connectivity index (χ1) is 13.2. The van der Waals surface area contributed by atoms with E-state index in [2.05, 4.69) is 5.32 Å².